The van der Waals surface area contributed by atoms with E-state index in [1.54, 1.807) is 41.2 Å². The molecule has 22 heavy (non-hydrogen) atoms. The van der Waals surface area contributed by atoms with Crippen LogP contribution in [0.5, 0.6) is 0 Å². The molecular formula is C14H12FN5O2. The molecule has 1 fully saturated rings. The van der Waals surface area contributed by atoms with Crippen molar-refractivity contribution in [1.29, 1.82) is 0 Å². The van der Waals surface area contributed by atoms with Gasteiger partial charge in [-0.05, 0) is 35.9 Å². The number of nitrogens with zero attached hydrogens (tertiary/aromatic N) is 5. The van der Waals surface area contributed by atoms with Crippen LogP contribution in [-0.4, -0.2) is 29.9 Å². The van der Waals surface area contributed by atoms with Crippen molar-refractivity contribution in [2.45, 2.75) is 6.10 Å². The van der Waals surface area contributed by atoms with Gasteiger partial charge in [0.05, 0.1) is 24.5 Å². The van der Waals surface area contributed by atoms with Gasteiger partial charge in [-0.3, -0.25) is 4.90 Å². The van der Waals surface area contributed by atoms with Crippen LogP contribution in [0, 0.1) is 5.82 Å². The maximum atomic E-state index is 14.2. The number of cyclic esters (lactones) is 1. The largest absolute Gasteiger partial charge is 0.444 e. The second-order valence-corrected chi connectivity index (χ2v) is 4.76. The van der Waals surface area contributed by atoms with Crippen molar-refractivity contribution in [2.24, 2.45) is 5.11 Å². The number of benzene rings is 1. The number of carbonyl (C=O) groups is 1. The maximum Gasteiger partial charge on any atom is 0.414 e. The van der Waals surface area contributed by atoms with E-state index in [4.69, 9.17) is 10.3 Å². The SMILES string of the molecule is [N-]=[N+]=NCC1CN(c2ccc(-n3cccc3)c(F)c2)C(=O)O1. The van der Waals surface area contributed by atoms with Gasteiger partial charge in [0.2, 0.25) is 0 Å². The molecule has 1 saturated heterocycles. The first-order valence-electron chi connectivity index (χ1n) is 6.61. The molecule has 3 rings (SSSR count). The average molecular weight is 301 g/mol. The van der Waals surface area contributed by atoms with Gasteiger partial charge in [-0.2, -0.15) is 0 Å². The van der Waals surface area contributed by atoms with Crippen LogP contribution in [-0.2, 0) is 4.74 Å². The van der Waals surface area contributed by atoms with Crippen LogP contribution in [0.4, 0.5) is 14.9 Å². The Labute approximate surface area is 125 Å². The summed E-state index contributed by atoms with van der Waals surface area (Å²) >= 11 is 0. The second-order valence-electron chi connectivity index (χ2n) is 4.76. The van der Waals surface area contributed by atoms with Crippen LogP contribution in [0.25, 0.3) is 16.1 Å². The number of azide groups is 1. The fraction of sp³-hybridized carbons (Fsp3) is 0.214. The Bertz CT molecular complexity index is 740. The quantitative estimate of drug-likeness (QED) is 0.493. The van der Waals surface area contributed by atoms with E-state index in [-0.39, 0.29) is 13.1 Å². The first-order valence-corrected chi connectivity index (χ1v) is 6.61. The van der Waals surface area contributed by atoms with E-state index in [0.717, 1.165) is 0 Å². The zero-order valence-electron chi connectivity index (χ0n) is 11.5. The normalized spacial score (nSPS) is 17.2. The van der Waals surface area contributed by atoms with Crippen molar-refractivity contribution >= 4 is 11.8 Å². The minimum Gasteiger partial charge on any atom is -0.444 e. The van der Waals surface area contributed by atoms with E-state index < -0.39 is 18.0 Å². The van der Waals surface area contributed by atoms with Gasteiger partial charge >= 0.3 is 6.09 Å². The molecule has 1 aromatic carbocycles. The van der Waals surface area contributed by atoms with Gasteiger partial charge in [0.1, 0.15) is 11.9 Å². The molecule has 0 saturated carbocycles. The highest BCUT2D eigenvalue weighted by atomic mass is 19.1. The van der Waals surface area contributed by atoms with Crippen molar-refractivity contribution in [1.82, 2.24) is 4.57 Å². The topological polar surface area (TPSA) is 83.2 Å². The number of aromatic nitrogens is 1. The summed E-state index contributed by atoms with van der Waals surface area (Å²) in [7, 11) is 0. The van der Waals surface area contributed by atoms with Crippen molar-refractivity contribution in [3.05, 3.63) is 59.0 Å². The third kappa shape index (κ3) is 2.59. The number of hydrogen-bond acceptors (Lipinski definition) is 3. The molecule has 0 bridgehead atoms. The number of amides is 1. The Balaban J connectivity index is 1.82. The lowest BCUT2D eigenvalue weighted by Crippen LogP contribution is -2.25. The van der Waals surface area contributed by atoms with E-state index in [0.29, 0.717) is 11.4 Å². The average Bonchev–Trinajstić information content (AvgIpc) is 3.14. The van der Waals surface area contributed by atoms with Gasteiger partial charge in [-0.25, -0.2) is 9.18 Å². The standard InChI is InChI=1S/C14H12FN5O2/c15-12-7-10(3-4-13(12)19-5-1-2-6-19)20-9-11(8-17-18-16)22-14(20)21/h1-7,11H,8-9H2. The van der Waals surface area contributed by atoms with Gasteiger partial charge < -0.3 is 9.30 Å². The second kappa shape index (κ2) is 5.79. The number of hydrogen-bond donors (Lipinski definition) is 0. The Hall–Kier alpha value is -2.99. The minimum atomic E-state index is -0.578. The summed E-state index contributed by atoms with van der Waals surface area (Å²) < 4.78 is 20.9. The van der Waals surface area contributed by atoms with Crippen LogP contribution in [0.3, 0.4) is 0 Å². The molecule has 1 unspecified atom stereocenters. The zero-order chi connectivity index (χ0) is 15.5. The van der Waals surface area contributed by atoms with E-state index in [9.17, 15) is 9.18 Å². The van der Waals surface area contributed by atoms with Crippen LogP contribution < -0.4 is 4.90 Å². The van der Waals surface area contributed by atoms with Gasteiger partial charge in [-0.1, -0.05) is 5.11 Å². The number of halogens is 1. The maximum absolute atomic E-state index is 14.2. The summed E-state index contributed by atoms with van der Waals surface area (Å²) in [5.41, 5.74) is 9.08. The number of carbonyl (C=O) groups excluding carboxylic acids is 1. The lowest BCUT2D eigenvalue weighted by atomic mass is 10.2. The summed E-state index contributed by atoms with van der Waals surface area (Å²) in [5.74, 6) is -0.444. The molecule has 112 valence electrons. The summed E-state index contributed by atoms with van der Waals surface area (Å²) in [6.07, 6.45) is 2.37. The monoisotopic (exact) mass is 301 g/mol. The van der Waals surface area contributed by atoms with Crippen molar-refractivity contribution < 1.29 is 13.9 Å². The fourth-order valence-corrected chi connectivity index (χ4v) is 2.32. The summed E-state index contributed by atoms with van der Waals surface area (Å²) in [6, 6.07) is 8.12. The summed E-state index contributed by atoms with van der Waals surface area (Å²) in [6.45, 7) is 0.281. The Morgan fingerprint density at radius 2 is 2.18 bits per heavy atom. The first-order chi connectivity index (χ1) is 10.7. The zero-order valence-corrected chi connectivity index (χ0v) is 11.5. The number of anilines is 1. The molecule has 0 spiro atoms. The predicted molar refractivity (Wildman–Crippen MR) is 77.4 cm³/mol. The molecule has 2 heterocycles. The van der Waals surface area contributed by atoms with Gasteiger partial charge in [0, 0.05) is 17.3 Å². The molecule has 1 atom stereocenters. The molecule has 1 aromatic heterocycles. The summed E-state index contributed by atoms with van der Waals surface area (Å²) in [5, 5.41) is 3.38. The third-order valence-electron chi connectivity index (χ3n) is 3.35. The van der Waals surface area contributed by atoms with Gasteiger partial charge in [0.25, 0.3) is 0 Å². The first kappa shape index (κ1) is 14.0. The molecule has 1 aliphatic heterocycles. The minimum absolute atomic E-state index is 0.0582. The Morgan fingerprint density at radius 1 is 1.41 bits per heavy atom. The van der Waals surface area contributed by atoms with E-state index in [1.165, 1.54) is 11.0 Å². The molecule has 0 aliphatic carbocycles. The van der Waals surface area contributed by atoms with E-state index >= 15 is 0 Å². The molecule has 1 amide bonds. The Morgan fingerprint density at radius 3 is 2.86 bits per heavy atom. The van der Waals surface area contributed by atoms with E-state index in [1.807, 2.05) is 0 Å². The van der Waals surface area contributed by atoms with Gasteiger partial charge in [-0.15, -0.1) is 0 Å². The highest BCUT2D eigenvalue weighted by Crippen LogP contribution is 2.25. The fourth-order valence-electron chi connectivity index (χ4n) is 2.32. The predicted octanol–water partition coefficient (Wildman–Crippen LogP) is 3.25. The van der Waals surface area contributed by atoms with Gasteiger partial charge in [0.15, 0.2) is 0 Å². The molecule has 0 radical (unpaired) electrons. The molecular weight excluding hydrogens is 289 g/mol. The lowest BCUT2D eigenvalue weighted by Gasteiger charge is -2.14. The Kier molecular flexibility index (Phi) is 3.67. The van der Waals surface area contributed by atoms with Crippen LogP contribution in [0.1, 0.15) is 0 Å². The lowest BCUT2D eigenvalue weighted by molar-refractivity contribution is 0.145. The van der Waals surface area contributed by atoms with Crippen molar-refractivity contribution in [2.75, 3.05) is 18.0 Å². The third-order valence-corrected chi connectivity index (χ3v) is 3.35. The number of ether oxygens (including phenoxy) is 1. The molecule has 7 nitrogen and oxygen atoms in total. The van der Waals surface area contributed by atoms with E-state index in [2.05, 4.69) is 10.0 Å². The van der Waals surface area contributed by atoms with Crippen LogP contribution in [0.15, 0.2) is 47.8 Å². The molecule has 2 aromatic rings. The molecule has 8 heteroatoms. The smallest absolute Gasteiger partial charge is 0.414 e. The molecule has 0 N–H and O–H groups in total. The van der Waals surface area contributed by atoms with Crippen LogP contribution in [0.2, 0.25) is 0 Å². The highest BCUT2D eigenvalue weighted by molar-refractivity contribution is 5.89. The highest BCUT2D eigenvalue weighted by Gasteiger charge is 2.32. The molecule has 1 aliphatic rings. The van der Waals surface area contributed by atoms with Crippen molar-refractivity contribution in [3.63, 3.8) is 0 Å². The van der Waals surface area contributed by atoms with Crippen LogP contribution >= 0.6 is 0 Å². The van der Waals surface area contributed by atoms with Crippen molar-refractivity contribution in [3.8, 4) is 5.69 Å². The summed E-state index contributed by atoms with van der Waals surface area (Å²) in [4.78, 5) is 15.8. The number of rotatable bonds is 4.